The third kappa shape index (κ3) is 2.70. The smallest absolute Gasteiger partial charge is 0.243 e. The van der Waals surface area contributed by atoms with Crippen molar-refractivity contribution in [3.63, 3.8) is 0 Å². The van der Waals surface area contributed by atoms with Gasteiger partial charge in [-0.2, -0.15) is 4.98 Å². The van der Waals surface area contributed by atoms with Crippen molar-refractivity contribution in [1.29, 1.82) is 0 Å². The summed E-state index contributed by atoms with van der Waals surface area (Å²) in [5.74, 6) is 0.685. The molecule has 2 heterocycles. The zero-order chi connectivity index (χ0) is 11.2. The normalized spacial score (nSPS) is 10.8. The van der Waals surface area contributed by atoms with E-state index in [1.165, 1.54) is 0 Å². The van der Waals surface area contributed by atoms with Crippen LogP contribution in [0.25, 0.3) is 5.65 Å². The first-order valence-electron chi connectivity index (χ1n) is 5.66. The van der Waals surface area contributed by atoms with E-state index in [9.17, 15) is 0 Å². The highest BCUT2D eigenvalue weighted by Gasteiger charge is 2.00. The summed E-state index contributed by atoms with van der Waals surface area (Å²) < 4.78 is 1.77. The molecule has 2 rings (SSSR count). The average molecular weight is 219 g/mol. The Labute approximate surface area is 94.9 Å². The first-order chi connectivity index (χ1) is 7.90. The summed E-state index contributed by atoms with van der Waals surface area (Å²) in [6.45, 7) is 4.99. The molecular weight excluding hydrogens is 202 g/mol. The number of anilines is 1. The van der Waals surface area contributed by atoms with Crippen LogP contribution in [0.5, 0.6) is 0 Å². The van der Waals surface area contributed by atoms with Crippen molar-refractivity contribution in [3.05, 3.63) is 24.4 Å². The van der Waals surface area contributed by atoms with Crippen LogP contribution in [0.3, 0.4) is 0 Å². The molecule has 86 valence electrons. The lowest BCUT2D eigenvalue weighted by atomic mass is 10.5. The molecular formula is C11H17N5. The van der Waals surface area contributed by atoms with E-state index in [0.717, 1.165) is 31.7 Å². The SMILES string of the molecule is CCCNCCNc1nc2ccccn2n1. The maximum absolute atomic E-state index is 4.34. The first-order valence-corrected chi connectivity index (χ1v) is 5.66. The van der Waals surface area contributed by atoms with Gasteiger partial charge in [0.1, 0.15) is 0 Å². The van der Waals surface area contributed by atoms with Crippen LogP contribution in [0.1, 0.15) is 13.3 Å². The Hall–Kier alpha value is -1.62. The van der Waals surface area contributed by atoms with Crippen molar-refractivity contribution >= 4 is 11.6 Å². The summed E-state index contributed by atoms with van der Waals surface area (Å²) in [6, 6.07) is 5.83. The summed E-state index contributed by atoms with van der Waals surface area (Å²) in [6.07, 6.45) is 3.05. The predicted molar refractivity (Wildman–Crippen MR) is 64.6 cm³/mol. The van der Waals surface area contributed by atoms with Gasteiger partial charge in [0.25, 0.3) is 0 Å². The lowest BCUT2D eigenvalue weighted by Gasteiger charge is -2.02. The highest BCUT2D eigenvalue weighted by Crippen LogP contribution is 2.03. The van der Waals surface area contributed by atoms with Gasteiger partial charge in [-0.15, -0.1) is 5.10 Å². The highest BCUT2D eigenvalue weighted by atomic mass is 15.3. The largest absolute Gasteiger partial charge is 0.352 e. The van der Waals surface area contributed by atoms with Gasteiger partial charge < -0.3 is 10.6 Å². The van der Waals surface area contributed by atoms with Crippen molar-refractivity contribution in [2.45, 2.75) is 13.3 Å². The lowest BCUT2D eigenvalue weighted by molar-refractivity contribution is 0.686. The molecule has 0 aliphatic heterocycles. The summed E-state index contributed by atoms with van der Waals surface area (Å²) in [4.78, 5) is 4.34. The highest BCUT2D eigenvalue weighted by molar-refractivity contribution is 5.42. The number of nitrogens with one attached hydrogen (secondary N) is 2. The number of nitrogens with zero attached hydrogens (tertiary/aromatic N) is 3. The summed E-state index contributed by atoms with van der Waals surface area (Å²) in [5, 5.41) is 10.8. The van der Waals surface area contributed by atoms with E-state index in [2.05, 4.69) is 27.6 Å². The molecule has 5 nitrogen and oxygen atoms in total. The fourth-order valence-electron chi connectivity index (χ4n) is 1.47. The second-order valence-corrected chi connectivity index (χ2v) is 3.62. The molecule has 0 bridgehead atoms. The van der Waals surface area contributed by atoms with Crippen molar-refractivity contribution in [3.8, 4) is 0 Å². The Morgan fingerprint density at radius 2 is 2.19 bits per heavy atom. The van der Waals surface area contributed by atoms with Crippen LogP contribution in [0.2, 0.25) is 0 Å². The molecule has 0 aromatic carbocycles. The second-order valence-electron chi connectivity index (χ2n) is 3.62. The van der Waals surface area contributed by atoms with Crippen molar-refractivity contribution in [2.24, 2.45) is 0 Å². The topological polar surface area (TPSA) is 54.2 Å². The molecule has 0 spiro atoms. The monoisotopic (exact) mass is 219 g/mol. The number of hydrogen-bond acceptors (Lipinski definition) is 4. The van der Waals surface area contributed by atoms with Crippen molar-refractivity contribution < 1.29 is 0 Å². The molecule has 0 amide bonds. The van der Waals surface area contributed by atoms with Crippen LogP contribution in [0.15, 0.2) is 24.4 Å². The van der Waals surface area contributed by atoms with E-state index in [1.54, 1.807) is 4.52 Å². The molecule has 0 saturated carbocycles. The minimum Gasteiger partial charge on any atom is -0.352 e. The zero-order valence-electron chi connectivity index (χ0n) is 9.48. The maximum atomic E-state index is 4.34. The van der Waals surface area contributed by atoms with Crippen LogP contribution >= 0.6 is 0 Å². The summed E-state index contributed by atoms with van der Waals surface area (Å²) in [5.41, 5.74) is 0.867. The van der Waals surface area contributed by atoms with Gasteiger partial charge in [0.2, 0.25) is 5.95 Å². The van der Waals surface area contributed by atoms with Gasteiger partial charge in [-0.1, -0.05) is 13.0 Å². The van der Waals surface area contributed by atoms with Gasteiger partial charge in [-0.05, 0) is 25.1 Å². The molecule has 0 saturated heterocycles. The van der Waals surface area contributed by atoms with E-state index in [0.29, 0.717) is 5.95 Å². The standard InChI is InChI=1S/C11H17N5/c1-2-6-12-7-8-13-11-14-10-5-3-4-9-16(10)15-11/h3-5,9,12H,2,6-8H2,1H3,(H,13,15). The molecule has 5 heteroatoms. The predicted octanol–water partition coefficient (Wildman–Crippen LogP) is 1.14. The molecule has 2 N–H and O–H groups in total. The number of pyridine rings is 1. The number of hydrogen-bond donors (Lipinski definition) is 2. The number of aromatic nitrogens is 3. The summed E-state index contributed by atoms with van der Waals surface area (Å²) in [7, 11) is 0. The van der Waals surface area contributed by atoms with Gasteiger partial charge in [0.05, 0.1) is 0 Å². The van der Waals surface area contributed by atoms with Crippen LogP contribution in [-0.4, -0.2) is 34.2 Å². The molecule has 2 aromatic heterocycles. The zero-order valence-corrected chi connectivity index (χ0v) is 9.48. The Balaban J connectivity index is 1.85. The van der Waals surface area contributed by atoms with Crippen LogP contribution in [0.4, 0.5) is 5.95 Å². The van der Waals surface area contributed by atoms with E-state index in [-0.39, 0.29) is 0 Å². The minimum absolute atomic E-state index is 0.685. The van der Waals surface area contributed by atoms with E-state index in [4.69, 9.17) is 0 Å². The molecule has 0 unspecified atom stereocenters. The molecule has 0 aliphatic rings. The third-order valence-corrected chi connectivity index (χ3v) is 2.25. The average Bonchev–Trinajstić information content (AvgIpc) is 2.71. The lowest BCUT2D eigenvalue weighted by Crippen LogP contribution is -2.23. The van der Waals surface area contributed by atoms with Crippen molar-refractivity contribution in [1.82, 2.24) is 19.9 Å². The second kappa shape index (κ2) is 5.46. The number of rotatable bonds is 6. The molecule has 2 aromatic rings. The van der Waals surface area contributed by atoms with Gasteiger partial charge >= 0.3 is 0 Å². The van der Waals surface area contributed by atoms with E-state index >= 15 is 0 Å². The van der Waals surface area contributed by atoms with Gasteiger partial charge in [0, 0.05) is 19.3 Å². The Morgan fingerprint density at radius 1 is 1.25 bits per heavy atom. The van der Waals surface area contributed by atoms with E-state index < -0.39 is 0 Å². The molecule has 16 heavy (non-hydrogen) atoms. The fourth-order valence-corrected chi connectivity index (χ4v) is 1.47. The fraction of sp³-hybridized carbons (Fsp3) is 0.455. The maximum Gasteiger partial charge on any atom is 0.243 e. The van der Waals surface area contributed by atoms with Crippen LogP contribution in [0, 0.1) is 0 Å². The first kappa shape index (κ1) is 10.9. The molecule has 0 radical (unpaired) electrons. The number of fused-ring (bicyclic) bond motifs is 1. The quantitative estimate of drug-likeness (QED) is 0.715. The molecule has 0 fully saturated rings. The Bertz CT molecular complexity index is 404. The Morgan fingerprint density at radius 3 is 3.00 bits per heavy atom. The minimum atomic E-state index is 0.685. The van der Waals surface area contributed by atoms with Crippen LogP contribution in [-0.2, 0) is 0 Å². The third-order valence-electron chi connectivity index (χ3n) is 2.25. The van der Waals surface area contributed by atoms with Gasteiger partial charge in [0.15, 0.2) is 5.65 Å². The van der Waals surface area contributed by atoms with Crippen LogP contribution < -0.4 is 10.6 Å². The van der Waals surface area contributed by atoms with Gasteiger partial charge in [-0.25, -0.2) is 4.52 Å². The van der Waals surface area contributed by atoms with Gasteiger partial charge in [-0.3, -0.25) is 0 Å². The molecule has 0 aliphatic carbocycles. The van der Waals surface area contributed by atoms with E-state index in [1.807, 2.05) is 24.4 Å². The van der Waals surface area contributed by atoms with Crippen molar-refractivity contribution in [2.75, 3.05) is 25.0 Å². The summed E-state index contributed by atoms with van der Waals surface area (Å²) >= 11 is 0. The molecule has 0 atom stereocenters. The Kier molecular flexibility index (Phi) is 3.71.